The number of aryl methyl sites for hydroxylation is 2. The minimum atomic E-state index is -0.0548. The Labute approximate surface area is 114 Å². The maximum atomic E-state index is 12.3. The molecule has 3 N–H and O–H groups in total. The van der Waals surface area contributed by atoms with E-state index in [9.17, 15) is 4.79 Å². The second-order valence-electron chi connectivity index (χ2n) is 5.34. The van der Waals surface area contributed by atoms with Gasteiger partial charge in [-0.2, -0.15) is 10.2 Å². The zero-order valence-electron chi connectivity index (χ0n) is 11.6. The van der Waals surface area contributed by atoms with E-state index >= 15 is 0 Å². The van der Waals surface area contributed by atoms with Gasteiger partial charge in [0.05, 0.1) is 17.0 Å². The fraction of sp³-hybridized carbons (Fsp3) is 0.643. The highest BCUT2D eigenvalue weighted by molar-refractivity contribution is 5.95. The topological polar surface area (TPSA) is 80.9 Å². The van der Waals surface area contributed by atoms with E-state index < -0.39 is 0 Å². The summed E-state index contributed by atoms with van der Waals surface area (Å²) in [6.07, 6.45) is 4.50. The van der Waals surface area contributed by atoms with Crippen LogP contribution >= 0.6 is 0 Å². The van der Waals surface area contributed by atoms with Crippen molar-refractivity contribution in [2.45, 2.75) is 45.6 Å². The quantitative estimate of drug-likeness (QED) is 0.861. The molecule has 0 bridgehead atoms. The first-order chi connectivity index (χ1) is 9.11. The van der Waals surface area contributed by atoms with Gasteiger partial charge in [-0.15, -0.1) is 0 Å². The molecule has 0 saturated heterocycles. The summed E-state index contributed by atoms with van der Waals surface area (Å²) in [5, 5.41) is 11.1. The lowest BCUT2D eigenvalue weighted by Gasteiger charge is -2.31. The number of nitrogens with one attached hydrogen (secondary N) is 1. The van der Waals surface area contributed by atoms with Crippen molar-refractivity contribution < 1.29 is 4.79 Å². The Kier molecular flexibility index (Phi) is 4.47. The van der Waals surface area contributed by atoms with E-state index in [4.69, 9.17) is 5.73 Å². The van der Waals surface area contributed by atoms with Crippen molar-refractivity contribution in [3.8, 4) is 0 Å². The van der Waals surface area contributed by atoms with Crippen molar-refractivity contribution in [1.29, 1.82) is 0 Å². The molecule has 0 radical (unpaired) electrons. The molecule has 2 rings (SSSR count). The molecule has 1 saturated carbocycles. The average molecular weight is 262 g/mol. The second-order valence-corrected chi connectivity index (χ2v) is 5.34. The van der Waals surface area contributed by atoms with Crippen LogP contribution in [0.4, 0.5) is 0 Å². The molecule has 1 fully saturated rings. The molecule has 1 aliphatic carbocycles. The number of rotatable bonds is 3. The summed E-state index contributed by atoms with van der Waals surface area (Å²) in [6, 6.07) is 1.98. The third-order valence-corrected chi connectivity index (χ3v) is 3.87. The highest BCUT2D eigenvalue weighted by Crippen LogP contribution is 2.24. The highest BCUT2D eigenvalue weighted by Gasteiger charge is 2.26. The van der Waals surface area contributed by atoms with Crippen LogP contribution in [0.5, 0.6) is 0 Å². The summed E-state index contributed by atoms with van der Waals surface area (Å²) >= 11 is 0. The van der Waals surface area contributed by atoms with Gasteiger partial charge >= 0.3 is 0 Å². The Bertz CT molecular complexity index is 461. The minimum Gasteiger partial charge on any atom is -0.349 e. The van der Waals surface area contributed by atoms with Crippen molar-refractivity contribution >= 4 is 5.91 Å². The van der Waals surface area contributed by atoms with Crippen LogP contribution in [-0.4, -0.2) is 28.7 Å². The molecular formula is C14H22N4O. The molecule has 104 valence electrons. The Hall–Kier alpha value is -1.49. The van der Waals surface area contributed by atoms with Crippen LogP contribution in [0.2, 0.25) is 0 Å². The first-order valence-electron chi connectivity index (χ1n) is 6.93. The summed E-state index contributed by atoms with van der Waals surface area (Å²) in [6.45, 7) is 4.28. The van der Waals surface area contributed by atoms with E-state index in [2.05, 4.69) is 15.5 Å². The predicted molar refractivity (Wildman–Crippen MR) is 73.8 cm³/mol. The van der Waals surface area contributed by atoms with Gasteiger partial charge < -0.3 is 11.1 Å². The Balaban J connectivity index is 2.09. The smallest absolute Gasteiger partial charge is 0.253 e. The number of aromatic nitrogens is 2. The zero-order valence-corrected chi connectivity index (χ0v) is 11.6. The van der Waals surface area contributed by atoms with Crippen molar-refractivity contribution in [2.24, 2.45) is 11.7 Å². The summed E-state index contributed by atoms with van der Waals surface area (Å²) in [5.41, 5.74) is 7.84. The Morgan fingerprint density at radius 3 is 2.84 bits per heavy atom. The van der Waals surface area contributed by atoms with Gasteiger partial charge in [0.1, 0.15) is 0 Å². The molecule has 1 heterocycles. The predicted octanol–water partition coefficient (Wildman–Crippen LogP) is 1.34. The number of nitrogens with zero attached hydrogens (tertiary/aromatic N) is 2. The maximum absolute atomic E-state index is 12.3. The molecule has 1 aliphatic rings. The van der Waals surface area contributed by atoms with Crippen LogP contribution in [0, 0.1) is 19.8 Å². The van der Waals surface area contributed by atoms with Gasteiger partial charge in [-0.3, -0.25) is 4.79 Å². The molecule has 19 heavy (non-hydrogen) atoms. The summed E-state index contributed by atoms with van der Waals surface area (Å²) in [4.78, 5) is 12.3. The van der Waals surface area contributed by atoms with E-state index in [0.717, 1.165) is 25.0 Å². The normalized spacial score (nSPS) is 23.1. The van der Waals surface area contributed by atoms with Crippen LogP contribution in [0.25, 0.3) is 0 Å². The van der Waals surface area contributed by atoms with Gasteiger partial charge in [-0.1, -0.05) is 12.8 Å². The third-order valence-electron chi connectivity index (χ3n) is 3.87. The average Bonchev–Trinajstić information content (AvgIpc) is 2.42. The van der Waals surface area contributed by atoms with E-state index in [1.807, 2.05) is 13.8 Å². The van der Waals surface area contributed by atoms with Crippen molar-refractivity contribution in [1.82, 2.24) is 15.5 Å². The fourth-order valence-electron chi connectivity index (χ4n) is 2.71. The Morgan fingerprint density at radius 2 is 2.11 bits per heavy atom. The van der Waals surface area contributed by atoms with Crippen LogP contribution in [-0.2, 0) is 0 Å². The SMILES string of the molecule is Cc1cc(C(=O)NC2CCCCC2CN)c(C)nn1. The number of amides is 1. The van der Waals surface area contributed by atoms with Gasteiger partial charge in [0.15, 0.2) is 0 Å². The molecule has 0 aromatic carbocycles. The van der Waals surface area contributed by atoms with Crippen LogP contribution < -0.4 is 11.1 Å². The molecule has 1 amide bonds. The molecule has 2 atom stereocenters. The maximum Gasteiger partial charge on any atom is 0.253 e. The second kappa shape index (κ2) is 6.10. The number of carbonyl (C=O) groups is 1. The summed E-state index contributed by atoms with van der Waals surface area (Å²) in [5.74, 6) is 0.342. The molecule has 1 aromatic heterocycles. The number of hydrogen-bond acceptors (Lipinski definition) is 4. The minimum absolute atomic E-state index is 0.0548. The van der Waals surface area contributed by atoms with Crippen molar-refractivity contribution in [2.75, 3.05) is 6.54 Å². The zero-order chi connectivity index (χ0) is 13.8. The van der Waals surface area contributed by atoms with Crippen LogP contribution in [0.1, 0.15) is 47.4 Å². The van der Waals surface area contributed by atoms with E-state index in [1.165, 1.54) is 6.42 Å². The number of carbonyl (C=O) groups excluding carboxylic acids is 1. The summed E-state index contributed by atoms with van der Waals surface area (Å²) < 4.78 is 0. The molecule has 0 spiro atoms. The third kappa shape index (κ3) is 3.29. The monoisotopic (exact) mass is 262 g/mol. The van der Waals surface area contributed by atoms with E-state index in [0.29, 0.717) is 23.7 Å². The molecular weight excluding hydrogens is 240 g/mol. The fourth-order valence-corrected chi connectivity index (χ4v) is 2.71. The van der Waals surface area contributed by atoms with Gasteiger partial charge in [0.25, 0.3) is 5.91 Å². The first-order valence-corrected chi connectivity index (χ1v) is 6.93. The first kappa shape index (κ1) is 13.9. The van der Waals surface area contributed by atoms with Crippen LogP contribution in [0.15, 0.2) is 6.07 Å². The molecule has 2 unspecified atom stereocenters. The molecule has 0 aliphatic heterocycles. The van der Waals surface area contributed by atoms with Gasteiger partial charge in [0.2, 0.25) is 0 Å². The van der Waals surface area contributed by atoms with Crippen molar-refractivity contribution in [3.63, 3.8) is 0 Å². The lowest BCUT2D eigenvalue weighted by atomic mass is 9.84. The van der Waals surface area contributed by atoms with Gasteiger partial charge in [0, 0.05) is 6.04 Å². The Morgan fingerprint density at radius 1 is 1.37 bits per heavy atom. The lowest BCUT2D eigenvalue weighted by Crippen LogP contribution is -2.45. The van der Waals surface area contributed by atoms with Crippen molar-refractivity contribution in [3.05, 3.63) is 23.0 Å². The number of nitrogens with two attached hydrogens (primary N) is 1. The highest BCUT2D eigenvalue weighted by atomic mass is 16.1. The van der Waals surface area contributed by atoms with E-state index in [-0.39, 0.29) is 11.9 Å². The standard InChI is InChI=1S/C14H22N4O/c1-9-7-12(10(2)18-17-9)14(19)16-13-6-4-3-5-11(13)8-15/h7,11,13H,3-6,8,15H2,1-2H3,(H,16,19). The van der Waals surface area contributed by atoms with Gasteiger partial charge in [-0.25, -0.2) is 0 Å². The lowest BCUT2D eigenvalue weighted by molar-refractivity contribution is 0.0906. The van der Waals surface area contributed by atoms with Crippen LogP contribution in [0.3, 0.4) is 0 Å². The molecule has 1 aromatic rings. The number of hydrogen-bond donors (Lipinski definition) is 2. The van der Waals surface area contributed by atoms with E-state index in [1.54, 1.807) is 6.07 Å². The van der Waals surface area contributed by atoms with Gasteiger partial charge in [-0.05, 0) is 45.2 Å². The molecule has 5 heteroatoms. The largest absolute Gasteiger partial charge is 0.349 e. The summed E-state index contributed by atoms with van der Waals surface area (Å²) in [7, 11) is 0. The molecule has 5 nitrogen and oxygen atoms in total.